The van der Waals surface area contributed by atoms with Gasteiger partial charge in [0.05, 0.1) is 5.69 Å². The monoisotopic (exact) mass is 272 g/mol. The summed E-state index contributed by atoms with van der Waals surface area (Å²) in [6.45, 7) is 8.02. The highest BCUT2D eigenvalue weighted by Crippen LogP contribution is 2.29. The zero-order valence-corrected chi connectivity index (χ0v) is 12.4. The van der Waals surface area contributed by atoms with Crippen molar-refractivity contribution in [2.75, 3.05) is 13.1 Å². The van der Waals surface area contributed by atoms with Crippen molar-refractivity contribution in [3.63, 3.8) is 0 Å². The summed E-state index contributed by atoms with van der Waals surface area (Å²) in [6, 6.07) is 10.5. The van der Waals surface area contributed by atoms with Gasteiger partial charge in [0.2, 0.25) is 0 Å². The van der Waals surface area contributed by atoms with Crippen molar-refractivity contribution in [2.45, 2.75) is 26.8 Å². The molecule has 1 aliphatic heterocycles. The largest absolute Gasteiger partial charge is 0.298 e. The van der Waals surface area contributed by atoms with Crippen LogP contribution in [0.15, 0.2) is 30.3 Å². The summed E-state index contributed by atoms with van der Waals surface area (Å²) in [5.41, 5.74) is 2.43. The Hall–Kier alpha value is -1.19. The summed E-state index contributed by atoms with van der Waals surface area (Å²) in [6.07, 6.45) is 1.34. The molecule has 0 aliphatic carbocycles. The van der Waals surface area contributed by atoms with Crippen molar-refractivity contribution in [3.05, 3.63) is 40.9 Å². The van der Waals surface area contributed by atoms with Gasteiger partial charge in [0.1, 0.15) is 5.01 Å². The van der Waals surface area contributed by atoms with Crippen LogP contribution in [0.4, 0.5) is 0 Å². The summed E-state index contributed by atoms with van der Waals surface area (Å²) < 4.78 is 0. The van der Waals surface area contributed by atoms with Crippen molar-refractivity contribution in [3.8, 4) is 10.6 Å². The van der Waals surface area contributed by atoms with Crippen molar-refractivity contribution < 1.29 is 0 Å². The molecule has 2 aromatic rings. The van der Waals surface area contributed by atoms with Crippen LogP contribution in [0.2, 0.25) is 0 Å². The maximum absolute atomic E-state index is 4.73. The van der Waals surface area contributed by atoms with Crippen molar-refractivity contribution in [2.24, 2.45) is 5.92 Å². The first kappa shape index (κ1) is 12.8. The SMILES string of the molecule is Cc1nc(-c2ccccc2)sc1CN1CCC(C)C1. The summed E-state index contributed by atoms with van der Waals surface area (Å²) in [5, 5.41) is 1.15. The lowest BCUT2D eigenvalue weighted by Gasteiger charge is -2.13. The fourth-order valence-corrected chi connectivity index (χ4v) is 3.76. The van der Waals surface area contributed by atoms with Gasteiger partial charge in [-0.25, -0.2) is 4.98 Å². The number of aromatic nitrogens is 1. The molecule has 1 aliphatic rings. The Bertz CT molecular complexity index is 547. The quantitative estimate of drug-likeness (QED) is 0.840. The zero-order chi connectivity index (χ0) is 13.2. The van der Waals surface area contributed by atoms with Gasteiger partial charge in [-0.15, -0.1) is 11.3 Å². The standard InChI is InChI=1S/C16H20N2S/c1-12-8-9-18(10-12)11-15-13(2)17-16(19-15)14-6-4-3-5-7-14/h3-7,12H,8-11H2,1-2H3. The molecule has 1 atom stereocenters. The molecule has 0 amide bonds. The summed E-state index contributed by atoms with van der Waals surface area (Å²) in [4.78, 5) is 8.71. The minimum Gasteiger partial charge on any atom is -0.298 e. The molecule has 3 rings (SSSR count). The van der Waals surface area contributed by atoms with Gasteiger partial charge in [0, 0.05) is 23.5 Å². The third-order valence-corrected chi connectivity index (χ3v) is 4.98. The molecule has 3 heteroatoms. The molecule has 0 radical (unpaired) electrons. The van der Waals surface area contributed by atoms with E-state index >= 15 is 0 Å². The first-order chi connectivity index (χ1) is 9.22. The van der Waals surface area contributed by atoms with Gasteiger partial charge in [0.15, 0.2) is 0 Å². The third kappa shape index (κ3) is 2.88. The lowest BCUT2D eigenvalue weighted by molar-refractivity contribution is 0.322. The maximum Gasteiger partial charge on any atom is 0.123 e. The van der Waals surface area contributed by atoms with Gasteiger partial charge < -0.3 is 0 Å². The van der Waals surface area contributed by atoms with Crippen molar-refractivity contribution in [1.29, 1.82) is 0 Å². The highest BCUT2D eigenvalue weighted by molar-refractivity contribution is 7.15. The molecule has 0 N–H and O–H groups in total. The van der Waals surface area contributed by atoms with Gasteiger partial charge in [-0.3, -0.25) is 4.90 Å². The van der Waals surface area contributed by atoms with E-state index in [9.17, 15) is 0 Å². The molecule has 1 unspecified atom stereocenters. The average Bonchev–Trinajstić information content (AvgIpc) is 2.98. The molecule has 100 valence electrons. The molecular weight excluding hydrogens is 252 g/mol. The second-order valence-electron chi connectivity index (χ2n) is 5.52. The first-order valence-corrected chi connectivity index (χ1v) is 7.78. The average molecular weight is 272 g/mol. The molecule has 1 fully saturated rings. The Morgan fingerprint density at radius 2 is 2.11 bits per heavy atom. The normalized spacial score (nSPS) is 20.0. The molecule has 2 nitrogen and oxygen atoms in total. The van der Waals surface area contributed by atoms with Crippen LogP contribution in [0.25, 0.3) is 10.6 Å². The van der Waals surface area contributed by atoms with Crippen molar-refractivity contribution in [1.82, 2.24) is 9.88 Å². The minimum absolute atomic E-state index is 0.849. The summed E-state index contributed by atoms with van der Waals surface area (Å²) in [7, 11) is 0. The van der Waals surface area contributed by atoms with Gasteiger partial charge in [0.25, 0.3) is 0 Å². The second kappa shape index (κ2) is 5.43. The number of hydrogen-bond donors (Lipinski definition) is 0. The Balaban J connectivity index is 1.78. The Kier molecular flexibility index (Phi) is 3.67. The maximum atomic E-state index is 4.73. The number of rotatable bonds is 3. The van der Waals surface area contributed by atoms with Crippen LogP contribution in [-0.4, -0.2) is 23.0 Å². The van der Waals surface area contributed by atoms with Crippen LogP contribution < -0.4 is 0 Å². The molecule has 0 spiro atoms. The van der Waals surface area contributed by atoms with E-state index in [0.717, 1.165) is 17.5 Å². The molecule has 0 bridgehead atoms. The Labute approximate surface area is 119 Å². The lowest BCUT2D eigenvalue weighted by Crippen LogP contribution is -2.19. The molecule has 1 aromatic carbocycles. The highest BCUT2D eigenvalue weighted by Gasteiger charge is 2.20. The summed E-state index contributed by atoms with van der Waals surface area (Å²) in [5.74, 6) is 0.849. The molecular formula is C16H20N2S. The second-order valence-corrected chi connectivity index (χ2v) is 6.61. The molecule has 0 saturated carbocycles. The van der Waals surface area contributed by atoms with Gasteiger partial charge in [-0.1, -0.05) is 37.3 Å². The van der Waals surface area contributed by atoms with E-state index < -0.39 is 0 Å². The van der Waals surface area contributed by atoms with Crippen LogP contribution in [0.3, 0.4) is 0 Å². The Morgan fingerprint density at radius 1 is 1.32 bits per heavy atom. The number of nitrogens with zero attached hydrogens (tertiary/aromatic N) is 2. The van der Waals surface area contributed by atoms with E-state index in [1.165, 1.54) is 35.6 Å². The van der Waals surface area contributed by atoms with E-state index in [2.05, 4.69) is 49.1 Å². The third-order valence-electron chi connectivity index (χ3n) is 3.79. The number of benzene rings is 1. The number of aryl methyl sites for hydroxylation is 1. The van der Waals surface area contributed by atoms with Crippen LogP contribution in [-0.2, 0) is 6.54 Å². The van der Waals surface area contributed by atoms with E-state index in [1.807, 2.05) is 11.3 Å². The predicted molar refractivity (Wildman–Crippen MR) is 81.3 cm³/mol. The van der Waals surface area contributed by atoms with E-state index in [-0.39, 0.29) is 0 Å². The Morgan fingerprint density at radius 3 is 2.79 bits per heavy atom. The molecule has 2 heterocycles. The molecule has 19 heavy (non-hydrogen) atoms. The zero-order valence-electron chi connectivity index (χ0n) is 11.6. The van der Waals surface area contributed by atoms with Gasteiger partial charge in [-0.05, 0) is 25.8 Å². The topological polar surface area (TPSA) is 16.1 Å². The highest BCUT2D eigenvalue weighted by atomic mass is 32.1. The summed E-state index contributed by atoms with van der Waals surface area (Å²) >= 11 is 1.85. The number of hydrogen-bond acceptors (Lipinski definition) is 3. The predicted octanol–water partition coefficient (Wildman–Crippen LogP) is 3.96. The first-order valence-electron chi connectivity index (χ1n) is 6.96. The number of likely N-dealkylation sites (tertiary alicyclic amines) is 1. The smallest absolute Gasteiger partial charge is 0.123 e. The van der Waals surface area contributed by atoms with Crippen LogP contribution in [0, 0.1) is 12.8 Å². The van der Waals surface area contributed by atoms with Gasteiger partial charge in [-0.2, -0.15) is 0 Å². The van der Waals surface area contributed by atoms with E-state index in [1.54, 1.807) is 0 Å². The lowest BCUT2D eigenvalue weighted by atomic mass is 10.2. The van der Waals surface area contributed by atoms with Crippen LogP contribution in [0.1, 0.15) is 23.9 Å². The fraction of sp³-hybridized carbons (Fsp3) is 0.438. The van der Waals surface area contributed by atoms with Crippen molar-refractivity contribution >= 4 is 11.3 Å². The van der Waals surface area contributed by atoms with Crippen LogP contribution >= 0.6 is 11.3 Å². The van der Waals surface area contributed by atoms with Gasteiger partial charge >= 0.3 is 0 Å². The van der Waals surface area contributed by atoms with Crippen LogP contribution in [0.5, 0.6) is 0 Å². The van der Waals surface area contributed by atoms with E-state index in [4.69, 9.17) is 4.98 Å². The molecule has 1 aromatic heterocycles. The minimum atomic E-state index is 0.849. The molecule has 1 saturated heterocycles. The van der Waals surface area contributed by atoms with E-state index in [0.29, 0.717) is 0 Å². The number of thiazole rings is 1. The fourth-order valence-electron chi connectivity index (χ4n) is 2.65.